The molecule has 39 heavy (non-hydrogen) atoms. The third-order valence-electron chi connectivity index (χ3n) is 10.7. The average molecular weight is 566 g/mol. The topological polar surface area (TPSA) is 185 Å². The summed E-state index contributed by atoms with van der Waals surface area (Å²) in [5.74, 6) is 3.07. The van der Waals surface area contributed by atoms with Crippen LogP contribution in [0.3, 0.4) is 0 Å². The predicted octanol–water partition coefficient (Wildman–Crippen LogP) is 0.295. The summed E-state index contributed by atoms with van der Waals surface area (Å²) in [4.78, 5) is 1.44. The Morgan fingerprint density at radius 3 is 1.64 bits per heavy atom. The van der Waals surface area contributed by atoms with E-state index in [1.807, 2.05) is 0 Å². The first kappa shape index (κ1) is 36.6. The Morgan fingerprint density at radius 1 is 0.692 bits per heavy atom. The van der Waals surface area contributed by atoms with Crippen LogP contribution in [-0.4, -0.2) is 119 Å². The second-order valence-corrected chi connectivity index (χ2v) is 13.7. The Kier molecular flexibility index (Phi) is 12.9. The van der Waals surface area contributed by atoms with Crippen LogP contribution in [0.1, 0.15) is 81.6 Å². The van der Waals surface area contributed by atoms with Crippen LogP contribution >= 0.6 is 0 Å². The predicted molar refractivity (Wildman–Crippen MR) is 149 cm³/mol. The number of likely N-dealkylation sites (tertiary alicyclic amines) is 1. The number of hydrogen-bond donors (Lipinski definition) is 9. The maximum atomic E-state index is 9.77. The molecule has 0 amide bonds. The van der Waals surface area contributed by atoms with Crippen molar-refractivity contribution in [3.05, 3.63) is 0 Å². The van der Waals surface area contributed by atoms with Crippen molar-refractivity contribution in [1.29, 1.82) is 0 Å². The molecule has 10 heteroatoms. The van der Waals surface area contributed by atoms with Gasteiger partial charge in [-0.2, -0.15) is 0 Å². The SMILES string of the molecule is CC[C@H]1CC(C)(C)C(C)C(C)C1C.C[C@@H]1[C@@H](O)[C@@H](O)[C@H](O)[C@@](C)(O)N1C.C[C@]1(O)C[C@H](CO)C(O)C(O)C1O. The fourth-order valence-electron chi connectivity index (χ4n) is 6.58. The molecule has 0 spiro atoms. The van der Waals surface area contributed by atoms with Crippen LogP contribution in [0.5, 0.6) is 0 Å². The minimum Gasteiger partial charge on any atom is -0.396 e. The summed E-state index contributed by atoms with van der Waals surface area (Å²) in [5.41, 5.74) is -2.39. The monoisotopic (exact) mass is 565 g/mol. The zero-order valence-corrected chi connectivity index (χ0v) is 25.7. The largest absolute Gasteiger partial charge is 0.396 e. The molecule has 1 saturated heterocycles. The van der Waals surface area contributed by atoms with Crippen LogP contribution in [-0.2, 0) is 0 Å². The third kappa shape index (κ3) is 7.91. The third-order valence-corrected chi connectivity index (χ3v) is 10.7. The molecule has 3 aliphatic rings. The summed E-state index contributed by atoms with van der Waals surface area (Å²) in [6.07, 6.45) is -4.79. The van der Waals surface area contributed by atoms with Crippen molar-refractivity contribution in [2.24, 2.45) is 35.0 Å². The van der Waals surface area contributed by atoms with Crippen LogP contribution in [0, 0.1) is 35.0 Å². The Hall–Kier alpha value is -0.400. The van der Waals surface area contributed by atoms with E-state index in [4.69, 9.17) is 5.11 Å². The second kappa shape index (κ2) is 13.7. The highest BCUT2D eigenvalue weighted by atomic mass is 16.4. The van der Waals surface area contributed by atoms with Gasteiger partial charge >= 0.3 is 0 Å². The molecule has 6 unspecified atom stereocenters. The van der Waals surface area contributed by atoms with Crippen molar-refractivity contribution in [1.82, 2.24) is 4.90 Å². The molecule has 1 heterocycles. The summed E-state index contributed by atoms with van der Waals surface area (Å²) < 4.78 is 0. The molecule has 0 aromatic rings. The molecule has 2 saturated carbocycles. The molecule has 14 atom stereocenters. The number of aliphatic hydroxyl groups is 9. The van der Waals surface area contributed by atoms with E-state index in [1.165, 1.54) is 31.6 Å². The standard InChI is InChI=1S/C13H26.C8H17NO4.C8H16O5/c1-7-12-8-13(5,6)11(4)9(2)10(12)3;1-4-5(10)6(11)7(12)8(2,13)9(4)3;1-8(13)2-4(3-9)5(10)6(11)7(8)12/h9-12H,7-8H2,1-6H3;4-7,10-13H,1-3H3;4-7,9-13H,2-3H2,1H3/t9?,10?,11?,12-;4-,5-,6-,7+,8-;4-,5?,6?,7?,8+/m011/s1. The number of aliphatic hydroxyl groups excluding tert-OH is 7. The lowest BCUT2D eigenvalue weighted by atomic mass is 9.57. The molecule has 234 valence electrons. The second-order valence-electron chi connectivity index (χ2n) is 13.7. The summed E-state index contributed by atoms with van der Waals surface area (Å²) in [7, 11) is 1.59. The molecule has 1 aliphatic heterocycles. The number of rotatable bonds is 2. The van der Waals surface area contributed by atoms with Gasteiger partial charge in [0.05, 0.1) is 17.8 Å². The fraction of sp³-hybridized carbons (Fsp3) is 1.00. The summed E-state index contributed by atoms with van der Waals surface area (Å²) in [6, 6.07) is -0.395. The lowest BCUT2D eigenvalue weighted by molar-refractivity contribution is -0.258. The van der Waals surface area contributed by atoms with Gasteiger partial charge in [-0.3, -0.25) is 4.90 Å². The number of hydrogen-bond acceptors (Lipinski definition) is 10. The van der Waals surface area contributed by atoms with Gasteiger partial charge in [0, 0.05) is 18.6 Å². The maximum Gasteiger partial charge on any atom is 0.144 e. The lowest BCUT2D eigenvalue weighted by Crippen LogP contribution is -2.70. The Morgan fingerprint density at radius 2 is 1.18 bits per heavy atom. The van der Waals surface area contributed by atoms with E-state index in [2.05, 4.69) is 41.5 Å². The minimum absolute atomic E-state index is 0.0723. The van der Waals surface area contributed by atoms with Crippen LogP contribution in [0.4, 0.5) is 0 Å². The quantitative estimate of drug-likeness (QED) is 0.225. The van der Waals surface area contributed by atoms with Crippen molar-refractivity contribution < 1.29 is 46.0 Å². The van der Waals surface area contributed by atoms with E-state index < -0.39 is 59.9 Å². The molecule has 0 aromatic carbocycles. The number of piperidine rings is 1. The van der Waals surface area contributed by atoms with Crippen LogP contribution in [0.25, 0.3) is 0 Å². The average Bonchev–Trinajstić information content (AvgIpc) is 2.88. The zero-order valence-electron chi connectivity index (χ0n) is 25.7. The Balaban J connectivity index is 0.000000292. The van der Waals surface area contributed by atoms with Gasteiger partial charge in [0.2, 0.25) is 0 Å². The fourth-order valence-corrected chi connectivity index (χ4v) is 6.58. The highest BCUT2D eigenvalue weighted by Crippen LogP contribution is 2.49. The summed E-state index contributed by atoms with van der Waals surface area (Å²) in [5, 5.41) is 84.5. The van der Waals surface area contributed by atoms with E-state index in [1.54, 1.807) is 14.0 Å². The normalized spacial score (nSPS) is 50.2. The minimum atomic E-state index is -1.50. The first-order valence-electron chi connectivity index (χ1n) is 14.5. The molecule has 3 rings (SSSR count). The van der Waals surface area contributed by atoms with E-state index in [0.717, 1.165) is 23.7 Å². The summed E-state index contributed by atoms with van der Waals surface area (Å²) in [6.45, 7) is 18.7. The van der Waals surface area contributed by atoms with Crippen molar-refractivity contribution in [2.45, 2.75) is 136 Å². The number of nitrogens with zero attached hydrogens (tertiary/aromatic N) is 1. The van der Waals surface area contributed by atoms with Gasteiger partial charge in [-0.05, 0) is 69.7 Å². The zero-order chi connectivity index (χ0) is 30.8. The molecule has 0 radical (unpaired) electrons. The van der Waals surface area contributed by atoms with Gasteiger partial charge < -0.3 is 46.0 Å². The lowest BCUT2D eigenvalue weighted by Gasteiger charge is -2.50. The van der Waals surface area contributed by atoms with Gasteiger partial charge in [0.25, 0.3) is 0 Å². The maximum absolute atomic E-state index is 9.77. The molecule has 9 N–H and O–H groups in total. The van der Waals surface area contributed by atoms with E-state index in [-0.39, 0.29) is 13.0 Å². The molecule has 10 nitrogen and oxygen atoms in total. The van der Waals surface area contributed by atoms with E-state index in [9.17, 15) is 40.9 Å². The molecular weight excluding hydrogens is 506 g/mol. The van der Waals surface area contributed by atoms with Gasteiger partial charge in [0.1, 0.15) is 30.1 Å². The highest BCUT2D eigenvalue weighted by molar-refractivity contribution is 5.00. The van der Waals surface area contributed by atoms with Gasteiger partial charge in [-0.15, -0.1) is 0 Å². The van der Waals surface area contributed by atoms with Crippen LogP contribution < -0.4 is 0 Å². The summed E-state index contributed by atoms with van der Waals surface area (Å²) >= 11 is 0. The van der Waals surface area contributed by atoms with Crippen molar-refractivity contribution >= 4 is 0 Å². The van der Waals surface area contributed by atoms with E-state index in [0.29, 0.717) is 5.41 Å². The Labute approximate surface area is 235 Å². The molecule has 2 aliphatic carbocycles. The van der Waals surface area contributed by atoms with Crippen molar-refractivity contribution in [2.75, 3.05) is 13.7 Å². The van der Waals surface area contributed by atoms with Crippen LogP contribution in [0.2, 0.25) is 0 Å². The molecule has 3 fully saturated rings. The highest BCUT2D eigenvalue weighted by Gasteiger charge is 2.51. The van der Waals surface area contributed by atoms with Gasteiger partial charge in [-0.25, -0.2) is 0 Å². The number of likely N-dealkylation sites (N-methyl/N-ethyl adjacent to an activating group) is 1. The first-order chi connectivity index (χ1) is 17.6. The smallest absolute Gasteiger partial charge is 0.144 e. The first-order valence-corrected chi connectivity index (χ1v) is 14.5. The Bertz CT molecular complexity index is 674. The molecule has 0 bridgehead atoms. The van der Waals surface area contributed by atoms with Crippen LogP contribution in [0.15, 0.2) is 0 Å². The molecule has 0 aromatic heterocycles. The van der Waals surface area contributed by atoms with Gasteiger partial charge in [0.15, 0.2) is 0 Å². The van der Waals surface area contributed by atoms with Gasteiger partial charge in [-0.1, -0.05) is 48.0 Å². The van der Waals surface area contributed by atoms with E-state index >= 15 is 0 Å². The van der Waals surface area contributed by atoms with Crippen molar-refractivity contribution in [3.8, 4) is 0 Å². The van der Waals surface area contributed by atoms with Crippen molar-refractivity contribution in [3.63, 3.8) is 0 Å². The molecular formula is C29H59NO9.